The standard InChI is InChI=1S/C13H20N2/c1-11(13-14-9-10-15-13)12-7-5-3-2-4-6-8-12/h9-10,12H,1-8H2,(H,14,15). The number of nitrogens with one attached hydrogen (secondary N) is 1. The van der Waals surface area contributed by atoms with E-state index < -0.39 is 0 Å². The fourth-order valence-electron chi connectivity index (χ4n) is 2.44. The van der Waals surface area contributed by atoms with Crippen molar-refractivity contribution in [3.63, 3.8) is 0 Å². The van der Waals surface area contributed by atoms with Gasteiger partial charge in [0.2, 0.25) is 0 Å². The summed E-state index contributed by atoms with van der Waals surface area (Å²) in [5, 5.41) is 0. The van der Waals surface area contributed by atoms with Gasteiger partial charge in [-0.15, -0.1) is 0 Å². The predicted molar refractivity (Wildman–Crippen MR) is 63.4 cm³/mol. The maximum Gasteiger partial charge on any atom is 0.132 e. The lowest BCUT2D eigenvalue weighted by Crippen LogP contribution is -2.06. The van der Waals surface area contributed by atoms with E-state index in [1.54, 1.807) is 0 Å². The quantitative estimate of drug-likeness (QED) is 0.780. The van der Waals surface area contributed by atoms with Crippen LogP contribution in [0, 0.1) is 5.92 Å². The fourth-order valence-corrected chi connectivity index (χ4v) is 2.44. The molecule has 0 amide bonds. The average Bonchev–Trinajstić information content (AvgIpc) is 2.68. The maximum absolute atomic E-state index is 4.29. The van der Waals surface area contributed by atoms with E-state index in [-0.39, 0.29) is 0 Å². The van der Waals surface area contributed by atoms with Crippen LogP contribution in [0.25, 0.3) is 5.57 Å². The molecule has 0 spiro atoms. The summed E-state index contributed by atoms with van der Waals surface area (Å²) in [5.41, 5.74) is 1.21. The highest BCUT2D eigenvalue weighted by atomic mass is 14.9. The number of aromatic nitrogens is 2. The van der Waals surface area contributed by atoms with Gasteiger partial charge in [-0.3, -0.25) is 0 Å². The third-order valence-corrected chi connectivity index (χ3v) is 3.40. The summed E-state index contributed by atoms with van der Waals surface area (Å²) in [7, 11) is 0. The van der Waals surface area contributed by atoms with Crippen LogP contribution in [0.3, 0.4) is 0 Å². The van der Waals surface area contributed by atoms with E-state index in [9.17, 15) is 0 Å². The van der Waals surface area contributed by atoms with Crippen LogP contribution >= 0.6 is 0 Å². The Balaban J connectivity index is 1.98. The van der Waals surface area contributed by atoms with Crippen LogP contribution in [-0.2, 0) is 0 Å². The van der Waals surface area contributed by atoms with Crippen LogP contribution in [0.15, 0.2) is 19.0 Å². The molecule has 2 heteroatoms. The van der Waals surface area contributed by atoms with Gasteiger partial charge < -0.3 is 4.98 Å². The minimum absolute atomic E-state index is 0.649. The first kappa shape index (κ1) is 10.5. The van der Waals surface area contributed by atoms with Gasteiger partial charge in [0.1, 0.15) is 5.82 Å². The molecule has 2 nitrogen and oxygen atoms in total. The van der Waals surface area contributed by atoms with Gasteiger partial charge in [-0.05, 0) is 24.3 Å². The number of imidazole rings is 1. The van der Waals surface area contributed by atoms with Crippen molar-refractivity contribution in [2.45, 2.75) is 44.9 Å². The van der Waals surface area contributed by atoms with Crippen LogP contribution in [0.1, 0.15) is 50.8 Å². The fraction of sp³-hybridized carbons (Fsp3) is 0.615. The molecule has 1 aromatic rings. The zero-order valence-electron chi connectivity index (χ0n) is 9.34. The van der Waals surface area contributed by atoms with Crippen molar-refractivity contribution in [2.75, 3.05) is 0 Å². The minimum Gasteiger partial charge on any atom is -0.345 e. The summed E-state index contributed by atoms with van der Waals surface area (Å²) in [4.78, 5) is 7.45. The molecule has 0 radical (unpaired) electrons. The Bertz CT molecular complexity index is 292. The first-order valence-corrected chi connectivity index (χ1v) is 6.06. The molecule has 1 N–H and O–H groups in total. The van der Waals surface area contributed by atoms with Crippen LogP contribution < -0.4 is 0 Å². The number of rotatable bonds is 2. The Kier molecular flexibility index (Phi) is 3.59. The second kappa shape index (κ2) is 5.15. The zero-order chi connectivity index (χ0) is 10.5. The smallest absolute Gasteiger partial charge is 0.132 e. The lowest BCUT2D eigenvalue weighted by molar-refractivity contribution is 0.443. The average molecular weight is 204 g/mol. The molecule has 1 heterocycles. The van der Waals surface area contributed by atoms with Crippen LogP contribution in [-0.4, -0.2) is 9.97 Å². The number of nitrogens with zero attached hydrogens (tertiary/aromatic N) is 1. The van der Waals surface area contributed by atoms with Gasteiger partial charge in [0.25, 0.3) is 0 Å². The molecule has 1 aliphatic carbocycles. The molecular weight excluding hydrogens is 184 g/mol. The van der Waals surface area contributed by atoms with Crippen LogP contribution in [0.4, 0.5) is 0 Å². The van der Waals surface area contributed by atoms with Crippen molar-refractivity contribution in [3.05, 3.63) is 24.8 Å². The molecule has 1 saturated carbocycles. The topological polar surface area (TPSA) is 28.7 Å². The zero-order valence-corrected chi connectivity index (χ0v) is 9.34. The van der Waals surface area contributed by atoms with Gasteiger partial charge in [-0.1, -0.05) is 38.7 Å². The van der Waals surface area contributed by atoms with Crippen LogP contribution in [0.5, 0.6) is 0 Å². The summed E-state index contributed by atoms with van der Waals surface area (Å²) >= 11 is 0. The number of aromatic amines is 1. The first-order chi connectivity index (χ1) is 7.38. The van der Waals surface area contributed by atoms with E-state index in [1.165, 1.54) is 50.5 Å². The van der Waals surface area contributed by atoms with Crippen molar-refractivity contribution in [3.8, 4) is 0 Å². The van der Waals surface area contributed by atoms with E-state index in [1.807, 2.05) is 12.4 Å². The lowest BCUT2D eigenvalue weighted by atomic mass is 9.86. The molecule has 0 aromatic carbocycles. The summed E-state index contributed by atoms with van der Waals surface area (Å²) in [6, 6.07) is 0. The van der Waals surface area contributed by atoms with Crippen molar-refractivity contribution in [2.24, 2.45) is 5.92 Å². The van der Waals surface area contributed by atoms with E-state index in [0.717, 1.165) is 5.82 Å². The third kappa shape index (κ3) is 2.71. The molecule has 1 aliphatic rings. The van der Waals surface area contributed by atoms with Crippen molar-refractivity contribution in [1.82, 2.24) is 9.97 Å². The number of hydrogen-bond acceptors (Lipinski definition) is 1. The Morgan fingerprint density at radius 1 is 1.20 bits per heavy atom. The maximum atomic E-state index is 4.29. The highest BCUT2D eigenvalue weighted by Crippen LogP contribution is 2.31. The first-order valence-electron chi connectivity index (χ1n) is 6.06. The highest BCUT2D eigenvalue weighted by Gasteiger charge is 2.16. The molecule has 82 valence electrons. The van der Waals surface area contributed by atoms with Gasteiger partial charge in [0, 0.05) is 12.4 Å². The van der Waals surface area contributed by atoms with Crippen molar-refractivity contribution >= 4 is 5.57 Å². The molecule has 0 aliphatic heterocycles. The Morgan fingerprint density at radius 2 is 1.87 bits per heavy atom. The largest absolute Gasteiger partial charge is 0.345 e. The van der Waals surface area contributed by atoms with E-state index in [2.05, 4.69) is 16.5 Å². The molecule has 15 heavy (non-hydrogen) atoms. The van der Waals surface area contributed by atoms with E-state index in [4.69, 9.17) is 0 Å². The summed E-state index contributed by atoms with van der Waals surface area (Å²) in [5.74, 6) is 1.64. The number of H-pyrrole nitrogens is 1. The monoisotopic (exact) mass is 204 g/mol. The summed E-state index contributed by atoms with van der Waals surface area (Å²) < 4.78 is 0. The van der Waals surface area contributed by atoms with E-state index >= 15 is 0 Å². The van der Waals surface area contributed by atoms with Crippen molar-refractivity contribution in [1.29, 1.82) is 0 Å². The second-order valence-electron chi connectivity index (χ2n) is 4.51. The van der Waals surface area contributed by atoms with Crippen molar-refractivity contribution < 1.29 is 0 Å². The number of hydrogen-bond donors (Lipinski definition) is 1. The molecule has 0 atom stereocenters. The molecular formula is C13H20N2. The normalized spacial score (nSPS) is 19.5. The molecule has 0 saturated heterocycles. The van der Waals surface area contributed by atoms with Gasteiger partial charge in [-0.2, -0.15) is 0 Å². The van der Waals surface area contributed by atoms with Crippen LogP contribution in [0.2, 0.25) is 0 Å². The van der Waals surface area contributed by atoms with Gasteiger partial charge in [0.15, 0.2) is 0 Å². The van der Waals surface area contributed by atoms with Gasteiger partial charge >= 0.3 is 0 Å². The lowest BCUT2D eigenvalue weighted by Gasteiger charge is -2.20. The Hall–Kier alpha value is -1.05. The molecule has 2 rings (SSSR count). The second-order valence-corrected chi connectivity index (χ2v) is 4.51. The van der Waals surface area contributed by atoms with Gasteiger partial charge in [-0.25, -0.2) is 4.98 Å². The number of allylic oxidation sites excluding steroid dienone is 1. The SMILES string of the molecule is C=C(c1ncc[nH]1)C1CCCCCCC1. The predicted octanol–water partition coefficient (Wildman–Crippen LogP) is 3.78. The molecule has 0 bridgehead atoms. The summed E-state index contributed by atoms with van der Waals surface area (Å²) in [6.45, 7) is 4.20. The third-order valence-electron chi connectivity index (χ3n) is 3.40. The highest BCUT2D eigenvalue weighted by molar-refractivity contribution is 5.58. The van der Waals surface area contributed by atoms with Gasteiger partial charge in [0.05, 0.1) is 0 Å². The Labute approximate surface area is 91.8 Å². The van der Waals surface area contributed by atoms with E-state index in [0.29, 0.717) is 5.92 Å². The minimum atomic E-state index is 0.649. The Morgan fingerprint density at radius 3 is 2.47 bits per heavy atom. The molecule has 1 fully saturated rings. The molecule has 1 aromatic heterocycles. The molecule has 0 unspecified atom stereocenters. The summed E-state index contributed by atoms with van der Waals surface area (Å²) in [6.07, 6.45) is 13.2.